The number of carbonyl (C=O) groups excluding carboxylic acids is 6. The second-order valence-electron chi connectivity index (χ2n) is 37.6. The van der Waals surface area contributed by atoms with E-state index in [4.69, 9.17) is 33.7 Å². The van der Waals surface area contributed by atoms with Crippen molar-refractivity contribution in [2.24, 2.45) is 9.98 Å². The van der Waals surface area contributed by atoms with Crippen LogP contribution in [0, 0.1) is 20.8 Å². The molecule has 0 saturated carbocycles. The lowest BCUT2D eigenvalue weighted by atomic mass is 9.87. The lowest BCUT2D eigenvalue weighted by Gasteiger charge is -2.35. The van der Waals surface area contributed by atoms with Gasteiger partial charge in [0, 0.05) is 41.7 Å². The summed E-state index contributed by atoms with van der Waals surface area (Å²) in [6, 6.07) is 35.0. The molecule has 4 heterocycles. The van der Waals surface area contributed by atoms with Gasteiger partial charge >= 0.3 is 18.0 Å². The van der Waals surface area contributed by atoms with Crippen molar-refractivity contribution in [1.82, 2.24) is 18.1 Å². The standard InChI is InChI=1S/C58H82N4O9S.C47H64N4O6S2/c1-10-11-12-13-14-15-16-17-18-19-20-21-22-23-24-27-37-62-53(59-48-29-25-26-30-51(48)72(62,66)67)52(61-41-46(55(64)68-8)47(42-61)56(65)69-9)54(63)60-49-40-44(58(5,6)7)33-36-50(49)71-39-28-38-70-45-34-31-43(32-35-45)57(2,3)4;1-7-8-9-10-11-12-13-14-15-16-17-18-19-20-21-24-31-50-43(48-37-25-22-23-26-41(37)59(50,55)56)42(51-45(53)47(5,6)57-46(51)54)44(52)49-38-32-34(2)28-30-39(38)58-40-33-35(3)27-29-36(40)4/h25-26,29-36,40-42,52H,10-24,27-28,37-39H2,1-9H3,(H,60,63);22-23,25-30,32-33,42H,7-21,24,31H2,1-6H3,(H,49,52). The Morgan fingerprint density at radius 1 is 0.458 bits per heavy atom. The molecule has 2 unspecified atom stereocenters. The molecule has 1 saturated heterocycles. The van der Waals surface area contributed by atoms with Gasteiger partial charge in [0.2, 0.25) is 0 Å². The number of methoxy groups -OCH3 is 2. The van der Waals surface area contributed by atoms with Gasteiger partial charge in [-0.1, -0.05) is 320 Å². The van der Waals surface area contributed by atoms with Crippen molar-refractivity contribution in [2.45, 2.75) is 350 Å². The van der Waals surface area contributed by atoms with Gasteiger partial charge in [0.05, 0.1) is 61.3 Å². The second-order valence-corrected chi connectivity index (χ2v) is 42.4. The summed E-state index contributed by atoms with van der Waals surface area (Å²) >= 11 is 1.48. The van der Waals surface area contributed by atoms with Gasteiger partial charge in [-0.05, 0) is 153 Å². The van der Waals surface area contributed by atoms with Crippen LogP contribution in [0.15, 0.2) is 169 Å². The van der Waals surface area contributed by atoms with Gasteiger partial charge in [-0.2, -0.15) is 0 Å². The minimum absolute atomic E-state index is 0.000880. The zero-order valence-corrected chi connectivity index (χ0v) is 83.1. The molecule has 4 amide bonds. The first-order valence-corrected chi connectivity index (χ1v) is 51.7. The quantitative estimate of drug-likeness (QED) is 0.0204. The maximum absolute atomic E-state index is 15.3. The minimum atomic E-state index is -4.25. The number of carbonyl (C=O) groups is 6. The summed E-state index contributed by atoms with van der Waals surface area (Å²) in [6.45, 7) is 26.7. The van der Waals surface area contributed by atoms with Crippen molar-refractivity contribution in [2.75, 3.05) is 51.2 Å². The molecule has 0 aliphatic carbocycles. The highest BCUT2D eigenvalue weighted by Gasteiger charge is 2.56. The van der Waals surface area contributed by atoms with E-state index in [1.165, 1.54) is 220 Å². The normalized spacial score (nSPS) is 14.8. The topological polar surface area (TPSA) is 280 Å². The molecule has 10 rings (SSSR count). The number of benzene rings is 6. The number of aliphatic imine (C=N–C) groups is 2. The van der Waals surface area contributed by atoms with Crippen molar-refractivity contribution < 1.29 is 69.3 Å². The molecule has 131 heavy (non-hydrogen) atoms. The van der Waals surface area contributed by atoms with Crippen molar-refractivity contribution in [1.29, 1.82) is 0 Å². The van der Waals surface area contributed by atoms with Crippen LogP contribution in [0.3, 0.4) is 0 Å². The van der Waals surface area contributed by atoms with E-state index in [1.807, 2.05) is 75.4 Å². The third-order valence-electron chi connectivity index (χ3n) is 24.3. The van der Waals surface area contributed by atoms with E-state index in [2.05, 4.69) is 84.2 Å². The molecule has 1 aromatic heterocycles. The number of imide groups is 1. The molecule has 6 aromatic carbocycles. The number of para-hydroxylation sites is 2. The van der Waals surface area contributed by atoms with Crippen LogP contribution in [-0.4, -0.2) is 135 Å². The lowest BCUT2D eigenvalue weighted by Crippen LogP contribution is -2.59. The third kappa shape index (κ3) is 30.1. The summed E-state index contributed by atoms with van der Waals surface area (Å²) in [5.74, 6) is -3.12. The lowest BCUT2D eigenvalue weighted by molar-refractivity contribution is -0.137. The fraction of sp³-hybridized carbons (Fsp3) is 0.543. The SMILES string of the molecule is CCCCCCCCCCCCCCCCCCN1C(C(C(=O)Nc2cc(C(C)(C)C)ccc2OCCCOc2ccc(C(C)(C)C)cc2)n2cc(C(=O)OC)c(C(=O)OC)c2)=Nc2ccccc2S1(=O)=O.CCCCCCCCCCCCCCCCCCN1C(C(C(=O)Nc2cc(C)ccc2Sc2cc(C)ccc2C)N2C(=O)OC(C)(C)C2=O)=Nc2ccccc2S1(=O)=O. The molecular formula is C105H146N8O15S3. The van der Waals surface area contributed by atoms with E-state index in [9.17, 15) is 40.8 Å². The number of hydrogen-bond donors (Lipinski definition) is 2. The fourth-order valence-electron chi connectivity index (χ4n) is 16.5. The molecule has 26 heteroatoms. The smallest absolute Gasteiger partial charge is 0.418 e. The summed E-state index contributed by atoms with van der Waals surface area (Å²) in [4.78, 5) is 96.1. The zero-order chi connectivity index (χ0) is 94.9. The number of nitrogens with zero attached hydrogens (tertiary/aromatic N) is 6. The van der Waals surface area contributed by atoms with Crippen LogP contribution in [-0.2, 0) is 59.5 Å². The first-order valence-electron chi connectivity index (χ1n) is 48.0. The Labute approximate surface area is 785 Å². The second kappa shape index (κ2) is 50.9. The first kappa shape index (κ1) is 105. The molecule has 7 aromatic rings. The number of ether oxygens (including phenoxy) is 5. The number of anilines is 2. The molecule has 3 aliphatic rings. The molecule has 2 atom stereocenters. The van der Waals surface area contributed by atoms with Crippen molar-refractivity contribution in [3.63, 3.8) is 0 Å². The molecule has 0 spiro atoms. The Hall–Kier alpha value is -9.79. The van der Waals surface area contributed by atoms with Crippen LogP contribution in [0.1, 0.15) is 336 Å². The Kier molecular flexibility index (Phi) is 40.8. The van der Waals surface area contributed by atoms with Crippen molar-refractivity contribution in [3.8, 4) is 11.5 Å². The maximum atomic E-state index is 15.3. The van der Waals surface area contributed by atoms with Gasteiger partial charge in [-0.3, -0.25) is 23.0 Å². The number of nitrogens with one attached hydrogen (secondary N) is 2. The summed E-state index contributed by atoms with van der Waals surface area (Å²) in [5, 5.41) is 6.04. The monoisotopic (exact) mass is 1860 g/mol. The molecule has 714 valence electrons. The van der Waals surface area contributed by atoms with E-state index in [1.54, 1.807) is 42.5 Å². The minimum Gasteiger partial charge on any atom is -0.493 e. The van der Waals surface area contributed by atoms with Gasteiger partial charge in [-0.25, -0.2) is 46.1 Å². The molecule has 23 nitrogen and oxygen atoms in total. The average Bonchev–Trinajstić information content (AvgIpc) is 1.72. The number of esters is 2. The van der Waals surface area contributed by atoms with Crippen LogP contribution in [0.2, 0.25) is 0 Å². The fourth-order valence-corrected chi connectivity index (χ4v) is 20.8. The summed E-state index contributed by atoms with van der Waals surface area (Å²) in [7, 11) is -6.12. The van der Waals surface area contributed by atoms with E-state index < -0.39 is 73.5 Å². The first-order chi connectivity index (χ1) is 62.6. The Balaban J connectivity index is 0.000000301. The van der Waals surface area contributed by atoms with Gasteiger partial charge in [-0.15, -0.1) is 0 Å². The highest BCUT2D eigenvalue weighted by atomic mass is 32.2. The van der Waals surface area contributed by atoms with Crippen LogP contribution in [0.5, 0.6) is 11.5 Å². The number of unbranched alkanes of at least 4 members (excludes halogenated alkanes) is 30. The predicted octanol–water partition coefficient (Wildman–Crippen LogP) is 25.5. The van der Waals surface area contributed by atoms with Crippen molar-refractivity contribution >= 4 is 102 Å². The van der Waals surface area contributed by atoms with Gasteiger partial charge in [0.15, 0.2) is 29.4 Å². The number of hydrogen-bond acceptors (Lipinski definition) is 18. The van der Waals surface area contributed by atoms with E-state index >= 15 is 4.79 Å². The average molecular weight is 1860 g/mol. The van der Waals surface area contributed by atoms with Crippen LogP contribution in [0.25, 0.3) is 0 Å². The van der Waals surface area contributed by atoms with Gasteiger partial charge < -0.3 is 38.9 Å². The van der Waals surface area contributed by atoms with Gasteiger partial charge in [0.25, 0.3) is 37.8 Å². The highest BCUT2D eigenvalue weighted by molar-refractivity contribution is 7.99. The van der Waals surface area contributed by atoms with E-state index in [0.29, 0.717) is 43.0 Å². The van der Waals surface area contributed by atoms with Crippen LogP contribution < -0.4 is 20.1 Å². The number of aromatic nitrogens is 1. The van der Waals surface area contributed by atoms with Crippen molar-refractivity contribution in [3.05, 3.63) is 179 Å². The van der Waals surface area contributed by atoms with Crippen LogP contribution >= 0.6 is 11.8 Å². The molecular weight excluding hydrogens is 1710 g/mol. The predicted molar refractivity (Wildman–Crippen MR) is 526 cm³/mol. The maximum Gasteiger partial charge on any atom is 0.418 e. The number of amides is 4. The molecule has 0 bridgehead atoms. The molecule has 0 radical (unpaired) electrons. The summed E-state index contributed by atoms with van der Waals surface area (Å²) in [6.07, 6.45) is 39.6. The summed E-state index contributed by atoms with van der Waals surface area (Å²) in [5.41, 5.74) is 4.01. The highest BCUT2D eigenvalue weighted by Crippen LogP contribution is 2.43. The number of sulfonamides is 2. The number of rotatable bonds is 52. The van der Waals surface area contributed by atoms with E-state index in [0.717, 1.165) is 98.4 Å². The number of cyclic esters (lactones) is 1. The van der Waals surface area contributed by atoms with Gasteiger partial charge in [0.1, 0.15) is 21.3 Å². The number of aryl methyl sites for hydroxylation is 3. The molecule has 1 fully saturated rings. The number of fused-ring (bicyclic) bond motifs is 2. The Bertz CT molecular complexity index is 5210. The summed E-state index contributed by atoms with van der Waals surface area (Å²) < 4.78 is 90.0. The third-order valence-corrected chi connectivity index (χ3v) is 29.3. The Morgan fingerprint density at radius 2 is 0.863 bits per heavy atom. The number of amidine groups is 2. The molecule has 3 aliphatic heterocycles. The Morgan fingerprint density at radius 3 is 1.31 bits per heavy atom. The molecule has 2 N–H and O–H groups in total. The van der Waals surface area contributed by atoms with Crippen LogP contribution in [0.4, 0.5) is 27.5 Å². The largest absolute Gasteiger partial charge is 0.493 e. The zero-order valence-electron chi connectivity index (χ0n) is 80.6. The van der Waals surface area contributed by atoms with E-state index in [-0.39, 0.29) is 74.5 Å².